The summed E-state index contributed by atoms with van der Waals surface area (Å²) < 4.78 is 74.7. The summed E-state index contributed by atoms with van der Waals surface area (Å²) in [5.74, 6) is -0.743. The van der Waals surface area contributed by atoms with Crippen LogP contribution in [-0.4, -0.2) is 18.1 Å². The molecule has 7 heteroatoms. The Kier molecular flexibility index (Phi) is 4.07. The quantitative estimate of drug-likeness (QED) is 0.580. The zero-order valence-electron chi connectivity index (χ0n) is 9.56. The van der Waals surface area contributed by atoms with Gasteiger partial charge in [0, 0.05) is 11.6 Å². The monoisotopic (exact) mass is 282 g/mol. The number of Topliss-reactive ketones (excluding diaryl/α,β-unsaturated/α-hetero) is 1. The SMILES string of the molecule is CC(=O)c1ccccc1C(=CC(F)(F)F)C(F)(F)F. The third-order valence-electron chi connectivity index (χ3n) is 2.21. The summed E-state index contributed by atoms with van der Waals surface area (Å²) in [5.41, 5.74) is -3.07. The minimum Gasteiger partial charge on any atom is -0.294 e. The fraction of sp³-hybridized carbons (Fsp3) is 0.250. The molecule has 0 saturated carbocycles. The number of halogens is 6. The van der Waals surface area contributed by atoms with Crippen LogP contribution in [0.1, 0.15) is 22.8 Å². The van der Waals surface area contributed by atoms with Crippen LogP contribution in [0, 0.1) is 0 Å². The Labute approximate surface area is 104 Å². The zero-order valence-corrected chi connectivity index (χ0v) is 9.56. The van der Waals surface area contributed by atoms with Crippen molar-refractivity contribution in [3.8, 4) is 0 Å². The Morgan fingerprint density at radius 1 is 1.00 bits per heavy atom. The van der Waals surface area contributed by atoms with Crippen LogP contribution in [0.4, 0.5) is 26.3 Å². The Morgan fingerprint density at radius 2 is 1.47 bits per heavy atom. The zero-order chi connectivity index (χ0) is 14.8. The number of carbonyl (C=O) groups is 1. The Balaban J connectivity index is 3.52. The lowest BCUT2D eigenvalue weighted by molar-refractivity contribution is -0.0911. The summed E-state index contributed by atoms with van der Waals surface area (Å²) in [6.07, 6.45) is -11.2. The van der Waals surface area contributed by atoms with Crippen LogP contribution in [0.5, 0.6) is 0 Å². The first-order valence-corrected chi connectivity index (χ1v) is 4.99. The summed E-state index contributed by atoms with van der Waals surface area (Å²) in [4.78, 5) is 11.2. The Morgan fingerprint density at radius 3 is 1.84 bits per heavy atom. The van der Waals surface area contributed by atoms with E-state index in [1.54, 1.807) is 0 Å². The van der Waals surface area contributed by atoms with E-state index in [1.807, 2.05) is 0 Å². The first-order chi connectivity index (χ1) is 8.52. The number of alkyl halides is 6. The minimum absolute atomic E-state index is 0.407. The van der Waals surface area contributed by atoms with Gasteiger partial charge in [-0.15, -0.1) is 0 Å². The van der Waals surface area contributed by atoms with Gasteiger partial charge >= 0.3 is 12.4 Å². The summed E-state index contributed by atoms with van der Waals surface area (Å²) in [6.45, 7) is 0.987. The van der Waals surface area contributed by atoms with E-state index in [0.29, 0.717) is 0 Å². The maximum Gasteiger partial charge on any atom is 0.417 e. The first-order valence-electron chi connectivity index (χ1n) is 4.99. The topological polar surface area (TPSA) is 17.1 Å². The molecule has 0 spiro atoms. The second-order valence-electron chi connectivity index (χ2n) is 3.70. The van der Waals surface area contributed by atoms with Gasteiger partial charge in [-0.2, -0.15) is 26.3 Å². The van der Waals surface area contributed by atoms with E-state index in [-0.39, 0.29) is 0 Å². The highest BCUT2D eigenvalue weighted by Crippen LogP contribution is 2.38. The normalized spacial score (nSPS) is 13.5. The molecule has 0 unspecified atom stereocenters. The summed E-state index contributed by atoms with van der Waals surface area (Å²) >= 11 is 0. The van der Waals surface area contributed by atoms with Gasteiger partial charge in [-0.3, -0.25) is 4.79 Å². The van der Waals surface area contributed by atoms with Crippen LogP contribution in [0.3, 0.4) is 0 Å². The molecule has 1 rings (SSSR count). The van der Waals surface area contributed by atoms with Crippen molar-refractivity contribution in [2.45, 2.75) is 19.3 Å². The van der Waals surface area contributed by atoms with Gasteiger partial charge in [0.05, 0.1) is 5.57 Å². The van der Waals surface area contributed by atoms with Crippen LogP contribution in [0.2, 0.25) is 0 Å². The molecule has 1 nitrogen and oxygen atoms in total. The predicted octanol–water partition coefficient (Wildman–Crippen LogP) is 4.40. The van der Waals surface area contributed by atoms with E-state index in [1.165, 1.54) is 6.07 Å². The maximum atomic E-state index is 12.7. The van der Waals surface area contributed by atoms with Gasteiger partial charge in [0.2, 0.25) is 0 Å². The lowest BCUT2D eigenvalue weighted by atomic mass is 9.96. The van der Waals surface area contributed by atoms with Gasteiger partial charge in [-0.1, -0.05) is 24.3 Å². The molecular weight excluding hydrogens is 274 g/mol. The number of rotatable bonds is 2. The third kappa shape index (κ3) is 4.11. The van der Waals surface area contributed by atoms with Gasteiger partial charge < -0.3 is 0 Å². The largest absolute Gasteiger partial charge is 0.417 e. The number of ketones is 1. The molecule has 104 valence electrons. The molecule has 1 aromatic carbocycles. The number of allylic oxidation sites excluding steroid dienone is 2. The van der Waals surface area contributed by atoms with Crippen LogP contribution in [-0.2, 0) is 0 Å². The second kappa shape index (κ2) is 5.07. The average Bonchev–Trinajstić information content (AvgIpc) is 2.23. The standard InChI is InChI=1S/C12H8F6O/c1-7(19)8-4-2-3-5-9(8)10(12(16,17)18)6-11(13,14)15/h2-6H,1H3. The van der Waals surface area contributed by atoms with E-state index >= 15 is 0 Å². The Hall–Kier alpha value is -1.79. The molecule has 0 fully saturated rings. The van der Waals surface area contributed by atoms with Crippen molar-refractivity contribution in [3.05, 3.63) is 41.5 Å². The molecule has 0 aromatic heterocycles. The number of hydrogen-bond donors (Lipinski definition) is 0. The summed E-state index contributed by atoms with van der Waals surface area (Å²) in [7, 11) is 0. The number of carbonyl (C=O) groups excluding carboxylic acids is 1. The number of benzene rings is 1. The molecule has 0 aliphatic heterocycles. The van der Waals surface area contributed by atoms with E-state index in [9.17, 15) is 31.1 Å². The molecule has 0 atom stereocenters. The smallest absolute Gasteiger partial charge is 0.294 e. The predicted molar refractivity (Wildman–Crippen MR) is 56.5 cm³/mol. The molecule has 0 N–H and O–H groups in total. The van der Waals surface area contributed by atoms with E-state index in [4.69, 9.17) is 0 Å². The van der Waals surface area contributed by atoms with Crippen LogP contribution < -0.4 is 0 Å². The molecule has 19 heavy (non-hydrogen) atoms. The summed E-state index contributed by atoms with van der Waals surface area (Å²) in [6, 6.07) is 4.30. The molecule has 0 saturated heterocycles. The highest BCUT2D eigenvalue weighted by atomic mass is 19.4. The first kappa shape index (κ1) is 15.3. The van der Waals surface area contributed by atoms with Crippen molar-refractivity contribution in [3.63, 3.8) is 0 Å². The Bertz CT molecular complexity index is 510. The van der Waals surface area contributed by atoms with Crippen molar-refractivity contribution < 1.29 is 31.1 Å². The molecule has 1 aromatic rings. The van der Waals surface area contributed by atoms with Crippen LogP contribution in [0.25, 0.3) is 5.57 Å². The lowest BCUT2D eigenvalue weighted by Gasteiger charge is -2.15. The van der Waals surface area contributed by atoms with Crippen molar-refractivity contribution in [2.75, 3.05) is 0 Å². The average molecular weight is 282 g/mol. The maximum absolute atomic E-state index is 12.7. The number of hydrogen-bond acceptors (Lipinski definition) is 1. The molecule has 0 radical (unpaired) electrons. The molecule has 0 aliphatic rings. The van der Waals surface area contributed by atoms with Crippen molar-refractivity contribution >= 4 is 11.4 Å². The highest BCUT2D eigenvalue weighted by Gasteiger charge is 2.40. The molecule has 0 aliphatic carbocycles. The molecule has 0 heterocycles. The van der Waals surface area contributed by atoms with Gasteiger partial charge in [0.15, 0.2) is 5.78 Å². The molecular formula is C12H8F6O. The van der Waals surface area contributed by atoms with Crippen LogP contribution in [0.15, 0.2) is 30.3 Å². The molecule has 0 bridgehead atoms. The minimum atomic E-state index is -5.21. The van der Waals surface area contributed by atoms with Crippen molar-refractivity contribution in [2.24, 2.45) is 0 Å². The van der Waals surface area contributed by atoms with Crippen molar-refractivity contribution in [1.29, 1.82) is 0 Å². The summed E-state index contributed by atoms with van der Waals surface area (Å²) in [5, 5.41) is 0. The highest BCUT2D eigenvalue weighted by molar-refractivity contribution is 5.99. The second-order valence-corrected chi connectivity index (χ2v) is 3.70. The van der Waals surface area contributed by atoms with E-state index < -0.39 is 40.9 Å². The van der Waals surface area contributed by atoms with Gasteiger partial charge in [0.25, 0.3) is 0 Å². The van der Waals surface area contributed by atoms with Crippen LogP contribution >= 0.6 is 0 Å². The third-order valence-corrected chi connectivity index (χ3v) is 2.21. The fourth-order valence-electron chi connectivity index (χ4n) is 1.50. The van der Waals surface area contributed by atoms with E-state index in [2.05, 4.69) is 0 Å². The molecule has 0 amide bonds. The fourth-order valence-corrected chi connectivity index (χ4v) is 1.50. The lowest BCUT2D eigenvalue weighted by Crippen LogP contribution is -2.17. The van der Waals surface area contributed by atoms with Gasteiger partial charge in [-0.05, 0) is 12.5 Å². The van der Waals surface area contributed by atoms with Crippen molar-refractivity contribution in [1.82, 2.24) is 0 Å². The van der Waals surface area contributed by atoms with Gasteiger partial charge in [0.1, 0.15) is 0 Å². The van der Waals surface area contributed by atoms with Gasteiger partial charge in [-0.25, -0.2) is 0 Å². The van der Waals surface area contributed by atoms with E-state index in [0.717, 1.165) is 25.1 Å².